The largest absolute Gasteiger partial charge is 0.383 e. The third-order valence-electron chi connectivity index (χ3n) is 7.60. The molecule has 5 rings (SSSR count). The molecule has 202 valence electrons. The number of aromatic nitrogens is 2. The molecule has 0 bridgehead atoms. The lowest BCUT2D eigenvalue weighted by Crippen LogP contribution is -2.44. The van der Waals surface area contributed by atoms with Gasteiger partial charge in [-0.25, -0.2) is 4.98 Å². The number of benzene rings is 3. The number of nitrogens with zero attached hydrogens (tertiary/aromatic N) is 4. The number of hydrogen-bond donors (Lipinski definition) is 0. The van der Waals surface area contributed by atoms with E-state index in [-0.39, 0.29) is 30.3 Å². The Morgan fingerprint density at radius 1 is 1.08 bits per heavy atom. The van der Waals surface area contributed by atoms with Gasteiger partial charge in [0, 0.05) is 31.7 Å². The zero-order valence-electron chi connectivity index (χ0n) is 23.1. The third kappa shape index (κ3) is 5.19. The van der Waals surface area contributed by atoms with E-state index in [9.17, 15) is 9.59 Å². The van der Waals surface area contributed by atoms with Crippen molar-refractivity contribution in [2.45, 2.75) is 52.1 Å². The van der Waals surface area contributed by atoms with Crippen LogP contribution in [-0.2, 0) is 27.3 Å². The summed E-state index contributed by atoms with van der Waals surface area (Å²) in [7, 11) is 1.66. The van der Waals surface area contributed by atoms with E-state index < -0.39 is 0 Å². The van der Waals surface area contributed by atoms with Crippen LogP contribution in [0.1, 0.15) is 43.1 Å². The van der Waals surface area contributed by atoms with Crippen LogP contribution in [-0.4, -0.2) is 47.7 Å². The minimum absolute atomic E-state index is 0.0304. The van der Waals surface area contributed by atoms with Crippen LogP contribution in [0.2, 0.25) is 0 Å². The van der Waals surface area contributed by atoms with Crippen molar-refractivity contribution in [2.24, 2.45) is 0 Å². The molecular formula is C32H36N4O3. The average Bonchev–Trinajstić information content (AvgIpc) is 3.50. The molecule has 0 spiro atoms. The Morgan fingerprint density at radius 3 is 2.56 bits per heavy atom. The Labute approximate surface area is 230 Å². The number of carbonyl (C=O) groups is 2. The van der Waals surface area contributed by atoms with Gasteiger partial charge in [-0.3, -0.25) is 9.59 Å². The molecule has 1 saturated heterocycles. The van der Waals surface area contributed by atoms with Crippen LogP contribution in [0.25, 0.3) is 11.0 Å². The van der Waals surface area contributed by atoms with E-state index in [1.165, 1.54) is 0 Å². The number of carbonyl (C=O) groups excluding carboxylic acids is 2. The first kappa shape index (κ1) is 26.6. The van der Waals surface area contributed by atoms with Crippen LogP contribution in [0, 0.1) is 6.92 Å². The zero-order valence-corrected chi connectivity index (χ0v) is 23.1. The van der Waals surface area contributed by atoms with Crippen molar-refractivity contribution in [1.82, 2.24) is 9.55 Å². The fourth-order valence-corrected chi connectivity index (χ4v) is 5.78. The number of para-hydroxylation sites is 4. The molecule has 1 aliphatic heterocycles. The van der Waals surface area contributed by atoms with E-state index in [1.54, 1.807) is 7.11 Å². The Balaban J connectivity index is 1.54. The highest BCUT2D eigenvalue weighted by Crippen LogP contribution is 2.34. The molecule has 0 radical (unpaired) electrons. The predicted octanol–water partition coefficient (Wildman–Crippen LogP) is 5.50. The number of ether oxygens (including phenoxy) is 1. The smallest absolute Gasteiger partial charge is 0.247 e. The third-order valence-corrected chi connectivity index (χ3v) is 7.60. The average molecular weight is 525 g/mol. The Kier molecular flexibility index (Phi) is 7.79. The van der Waals surface area contributed by atoms with Gasteiger partial charge in [0.25, 0.3) is 0 Å². The molecule has 0 aliphatic carbocycles. The summed E-state index contributed by atoms with van der Waals surface area (Å²) >= 11 is 0. The zero-order chi connectivity index (χ0) is 27.5. The van der Waals surface area contributed by atoms with Gasteiger partial charge >= 0.3 is 0 Å². The molecule has 0 N–H and O–H groups in total. The normalized spacial score (nSPS) is 16.2. The molecule has 3 aromatic carbocycles. The lowest BCUT2D eigenvalue weighted by Gasteiger charge is -2.32. The maximum absolute atomic E-state index is 14.3. The second-order valence-corrected chi connectivity index (χ2v) is 10.3. The van der Waals surface area contributed by atoms with Gasteiger partial charge in [0.2, 0.25) is 11.8 Å². The van der Waals surface area contributed by atoms with E-state index in [0.717, 1.165) is 45.8 Å². The number of hydrogen-bond acceptors (Lipinski definition) is 4. The molecule has 0 saturated carbocycles. The molecule has 2 heterocycles. The second kappa shape index (κ2) is 11.4. The molecule has 1 fully saturated rings. The van der Waals surface area contributed by atoms with Gasteiger partial charge in [-0.1, -0.05) is 55.5 Å². The van der Waals surface area contributed by atoms with Crippen LogP contribution in [0.4, 0.5) is 11.4 Å². The SMILES string of the molecule is CCc1cccc(C)c1N(C(=O)Cn1c([C@@H]2CC(=O)N(c3ccccc3)C2)nc2ccccc21)[C@H](C)COC. The summed E-state index contributed by atoms with van der Waals surface area (Å²) in [5.41, 5.74) is 5.74. The molecule has 1 aromatic heterocycles. The van der Waals surface area contributed by atoms with Gasteiger partial charge in [0.1, 0.15) is 12.4 Å². The lowest BCUT2D eigenvalue weighted by atomic mass is 10.0. The van der Waals surface area contributed by atoms with Crippen molar-refractivity contribution in [3.63, 3.8) is 0 Å². The van der Waals surface area contributed by atoms with Crippen molar-refractivity contribution < 1.29 is 14.3 Å². The first-order valence-corrected chi connectivity index (χ1v) is 13.6. The number of methoxy groups -OCH3 is 1. The van der Waals surface area contributed by atoms with Crippen LogP contribution in [0.15, 0.2) is 72.8 Å². The fourth-order valence-electron chi connectivity index (χ4n) is 5.78. The first-order chi connectivity index (χ1) is 18.9. The van der Waals surface area contributed by atoms with E-state index in [0.29, 0.717) is 19.6 Å². The molecule has 7 nitrogen and oxygen atoms in total. The van der Waals surface area contributed by atoms with Crippen molar-refractivity contribution in [1.29, 1.82) is 0 Å². The van der Waals surface area contributed by atoms with Gasteiger partial charge in [0.05, 0.1) is 29.4 Å². The highest BCUT2D eigenvalue weighted by molar-refractivity contribution is 5.97. The van der Waals surface area contributed by atoms with Crippen LogP contribution in [0.5, 0.6) is 0 Å². The van der Waals surface area contributed by atoms with Crippen molar-refractivity contribution >= 4 is 34.2 Å². The molecule has 2 amide bonds. The van der Waals surface area contributed by atoms with Gasteiger partial charge in [-0.15, -0.1) is 0 Å². The summed E-state index contributed by atoms with van der Waals surface area (Å²) in [6.07, 6.45) is 1.17. The van der Waals surface area contributed by atoms with E-state index in [1.807, 2.05) is 82.0 Å². The van der Waals surface area contributed by atoms with E-state index in [2.05, 4.69) is 26.0 Å². The summed E-state index contributed by atoms with van der Waals surface area (Å²) in [4.78, 5) is 36.0. The molecule has 0 unspecified atom stereocenters. The fraction of sp³-hybridized carbons (Fsp3) is 0.344. The summed E-state index contributed by atoms with van der Waals surface area (Å²) in [5.74, 6) is 0.694. The summed E-state index contributed by atoms with van der Waals surface area (Å²) < 4.78 is 7.50. The van der Waals surface area contributed by atoms with Gasteiger partial charge in [-0.05, 0) is 55.7 Å². The molecule has 4 aromatic rings. The number of rotatable bonds is 9. The monoisotopic (exact) mass is 524 g/mol. The molecule has 7 heteroatoms. The topological polar surface area (TPSA) is 67.7 Å². The van der Waals surface area contributed by atoms with Gasteiger partial charge < -0.3 is 19.1 Å². The van der Waals surface area contributed by atoms with Crippen LogP contribution in [0.3, 0.4) is 0 Å². The first-order valence-electron chi connectivity index (χ1n) is 13.6. The van der Waals surface area contributed by atoms with Crippen molar-refractivity contribution in [3.05, 3.63) is 89.7 Å². The highest BCUT2D eigenvalue weighted by atomic mass is 16.5. The van der Waals surface area contributed by atoms with Crippen molar-refractivity contribution in [3.8, 4) is 0 Å². The Hall–Kier alpha value is -3.97. The lowest BCUT2D eigenvalue weighted by molar-refractivity contribution is -0.120. The minimum Gasteiger partial charge on any atom is -0.383 e. The number of fused-ring (bicyclic) bond motifs is 1. The maximum atomic E-state index is 14.3. The summed E-state index contributed by atoms with van der Waals surface area (Å²) in [6, 6.07) is 23.6. The number of amides is 2. The molecule has 39 heavy (non-hydrogen) atoms. The standard InChI is InChI=1S/C32H36N4O3/c1-5-24-13-11-12-22(2)31(24)36(23(3)21-39-4)30(38)20-35-28-17-10-9-16-27(28)33-32(35)25-18-29(37)34(19-25)26-14-7-6-8-15-26/h6-17,23,25H,5,18-21H2,1-4H3/t23-,25-/m1/s1. The quantitative estimate of drug-likeness (QED) is 0.290. The molecule has 1 aliphatic rings. The van der Waals surface area contributed by atoms with E-state index >= 15 is 0 Å². The van der Waals surface area contributed by atoms with Crippen LogP contribution < -0.4 is 9.80 Å². The Morgan fingerprint density at radius 2 is 1.82 bits per heavy atom. The van der Waals surface area contributed by atoms with Crippen molar-refractivity contribution in [2.75, 3.05) is 30.1 Å². The predicted molar refractivity (Wildman–Crippen MR) is 155 cm³/mol. The van der Waals surface area contributed by atoms with Gasteiger partial charge in [0.15, 0.2) is 0 Å². The second-order valence-electron chi connectivity index (χ2n) is 10.3. The number of imidazole rings is 1. The minimum atomic E-state index is -0.159. The highest BCUT2D eigenvalue weighted by Gasteiger charge is 2.36. The van der Waals surface area contributed by atoms with E-state index in [4.69, 9.17) is 9.72 Å². The molecular weight excluding hydrogens is 488 g/mol. The Bertz CT molecular complexity index is 1480. The van der Waals surface area contributed by atoms with Gasteiger partial charge in [-0.2, -0.15) is 0 Å². The summed E-state index contributed by atoms with van der Waals surface area (Å²) in [6.45, 7) is 7.25. The number of anilines is 2. The number of aryl methyl sites for hydroxylation is 2. The molecule has 2 atom stereocenters. The maximum Gasteiger partial charge on any atom is 0.247 e. The van der Waals surface area contributed by atoms with Crippen LogP contribution >= 0.6 is 0 Å². The summed E-state index contributed by atoms with van der Waals surface area (Å²) in [5, 5.41) is 0.